The lowest BCUT2D eigenvalue weighted by Gasteiger charge is -2.17. The van der Waals surface area contributed by atoms with Gasteiger partial charge in [-0.05, 0) is 35.9 Å². The fourth-order valence-corrected chi connectivity index (χ4v) is 5.49. The van der Waals surface area contributed by atoms with Crippen LogP contribution >= 0.6 is 0 Å². The zero-order chi connectivity index (χ0) is 31.3. The number of carbonyl (C=O) groups is 1. The third kappa shape index (κ3) is 9.88. The molecule has 0 spiro atoms. The summed E-state index contributed by atoms with van der Waals surface area (Å²) in [7, 11) is -1.23. The van der Waals surface area contributed by atoms with Gasteiger partial charge in [0, 0.05) is 48.2 Å². The van der Waals surface area contributed by atoms with E-state index in [4.69, 9.17) is 14.2 Å². The normalized spacial score (nSPS) is 12.6. The molecule has 1 N–H and O–H groups in total. The number of pyridine rings is 1. The second-order valence-corrected chi connectivity index (χ2v) is 23.8. The third-order valence-corrected chi connectivity index (χ3v) is 9.82. The summed E-state index contributed by atoms with van der Waals surface area (Å²) >= 11 is 0. The lowest BCUT2D eigenvalue weighted by atomic mass is 9.99. The maximum atomic E-state index is 15.1. The molecule has 0 fully saturated rings. The molecule has 42 heavy (non-hydrogen) atoms. The maximum Gasteiger partial charge on any atom is 0.393 e. The number of amides is 1. The number of aromatic nitrogens is 3. The van der Waals surface area contributed by atoms with E-state index < -0.39 is 40.5 Å². The molecule has 2 aromatic heterocycles. The first kappa shape index (κ1) is 33.7. The van der Waals surface area contributed by atoms with Gasteiger partial charge in [0.1, 0.15) is 6.73 Å². The average molecular weight is 629 g/mol. The Bertz CT molecular complexity index is 1390. The molecule has 0 unspecified atom stereocenters. The zero-order valence-corrected chi connectivity index (χ0v) is 27.2. The van der Waals surface area contributed by atoms with Gasteiger partial charge in [-0.15, -0.1) is 0 Å². The highest BCUT2D eigenvalue weighted by molar-refractivity contribution is 6.76. The second-order valence-electron chi connectivity index (χ2n) is 12.6. The Balaban J connectivity index is 1.97. The third-order valence-electron chi connectivity index (χ3n) is 6.41. The van der Waals surface area contributed by atoms with Crippen molar-refractivity contribution in [3.8, 4) is 17.0 Å². The van der Waals surface area contributed by atoms with Gasteiger partial charge in [-0.25, -0.2) is 9.07 Å². The number of ether oxygens (including phenoxy) is 3. The van der Waals surface area contributed by atoms with Crippen molar-refractivity contribution in [2.24, 2.45) is 0 Å². The summed E-state index contributed by atoms with van der Waals surface area (Å²) in [6, 6.07) is 5.30. The lowest BCUT2D eigenvalue weighted by molar-refractivity contribution is -0.127. The summed E-state index contributed by atoms with van der Waals surface area (Å²) in [5.74, 6) is -1.64. The minimum atomic E-state index is -4.57. The molecule has 0 aliphatic rings. The van der Waals surface area contributed by atoms with Gasteiger partial charge in [-0.1, -0.05) is 39.3 Å². The topological polar surface area (TPSA) is 87.5 Å². The molecule has 232 valence electrons. The molecular formula is C28H40F4N4O4Si2. The predicted octanol–water partition coefficient (Wildman–Crippen LogP) is 6.71. The number of hydrogen-bond acceptors (Lipinski definition) is 6. The van der Waals surface area contributed by atoms with Crippen molar-refractivity contribution in [3.63, 3.8) is 0 Å². The van der Waals surface area contributed by atoms with Crippen molar-refractivity contribution < 1.29 is 36.6 Å². The van der Waals surface area contributed by atoms with Crippen molar-refractivity contribution >= 4 is 33.0 Å². The van der Waals surface area contributed by atoms with Crippen LogP contribution in [-0.4, -0.2) is 70.1 Å². The van der Waals surface area contributed by atoms with Gasteiger partial charge in [0.05, 0.1) is 23.0 Å². The molecule has 3 rings (SSSR count). The van der Waals surface area contributed by atoms with Gasteiger partial charge in [0.15, 0.2) is 24.1 Å². The molecule has 1 amide bonds. The number of nitrogens with zero attached hydrogens (tertiary/aromatic N) is 3. The van der Waals surface area contributed by atoms with Gasteiger partial charge in [-0.3, -0.25) is 9.78 Å². The van der Waals surface area contributed by atoms with Crippen LogP contribution in [0.1, 0.15) is 16.1 Å². The monoisotopic (exact) mass is 628 g/mol. The summed E-state index contributed by atoms with van der Waals surface area (Å²) in [5, 5.41) is 7.29. The largest absolute Gasteiger partial charge is 0.464 e. The number of carbonyl (C=O) groups excluding carboxylic acids is 1. The average Bonchev–Trinajstić information content (AvgIpc) is 3.23. The molecule has 0 atom stereocenters. The highest BCUT2D eigenvalue weighted by atomic mass is 28.3. The Kier molecular flexibility index (Phi) is 10.9. The Morgan fingerprint density at radius 2 is 1.64 bits per heavy atom. The Morgan fingerprint density at radius 1 is 1.00 bits per heavy atom. The molecule has 3 aromatic rings. The molecule has 0 aliphatic heterocycles. The van der Waals surface area contributed by atoms with Gasteiger partial charge in [0.2, 0.25) is 0 Å². The fraction of sp³-hybridized carbons (Fsp3) is 0.536. The quantitative estimate of drug-likeness (QED) is 0.0925. The van der Waals surface area contributed by atoms with Crippen LogP contribution in [0.4, 0.5) is 17.6 Å². The van der Waals surface area contributed by atoms with Crippen molar-refractivity contribution in [2.45, 2.75) is 70.7 Å². The number of hydrogen-bond donors (Lipinski definition) is 1. The van der Waals surface area contributed by atoms with Gasteiger partial charge >= 0.3 is 6.18 Å². The molecule has 8 nitrogen and oxygen atoms in total. The van der Waals surface area contributed by atoms with Crippen LogP contribution in [0.5, 0.6) is 5.75 Å². The van der Waals surface area contributed by atoms with Crippen molar-refractivity contribution in [2.75, 3.05) is 27.1 Å². The molecule has 14 heteroatoms. The minimum absolute atomic E-state index is 0.0235. The van der Waals surface area contributed by atoms with Gasteiger partial charge in [-0.2, -0.15) is 18.3 Å². The van der Waals surface area contributed by atoms with Gasteiger partial charge in [0.25, 0.3) is 5.91 Å². The molecule has 1 aromatic carbocycles. The van der Waals surface area contributed by atoms with Crippen molar-refractivity contribution in [1.82, 2.24) is 20.1 Å². The van der Waals surface area contributed by atoms with E-state index in [-0.39, 0.29) is 41.8 Å². The SMILES string of the molecule is CNC(=O)c1nn(COCC[Si](C)(C)C)c2cc(-c3cc(F)c(OCOCC[Si](C)(C)C)cc3CC(F)(F)F)ncc12. The molecular weight excluding hydrogens is 588 g/mol. The second kappa shape index (κ2) is 13.7. The smallest absolute Gasteiger partial charge is 0.393 e. The van der Waals surface area contributed by atoms with E-state index in [1.165, 1.54) is 24.0 Å². The molecule has 0 bridgehead atoms. The maximum absolute atomic E-state index is 15.1. The number of rotatable bonds is 14. The molecule has 0 aliphatic carbocycles. The number of fused-ring (bicyclic) bond motifs is 1. The number of nitrogens with one attached hydrogen (secondary N) is 1. The first-order chi connectivity index (χ1) is 19.5. The first-order valence-electron chi connectivity index (χ1n) is 13.7. The Morgan fingerprint density at radius 3 is 2.24 bits per heavy atom. The number of benzene rings is 1. The van der Waals surface area contributed by atoms with E-state index in [2.05, 4.69) is 54.7 Å². The van der Waals surface area contributed by atoms with E-state index >= 15 is 4.39 Å². The summed E-state index contributed by atoms with van der Waals surface area (Å²) in [5.41, 5.74) is 0.343. The molecule has 0 saturated heterocycles. The van der Waals surface area contributed by atoms with Crippen molar-refractivity contribution in [3.05, 3.63) is 41.5 Å². The van der Waals surface area contributed by atoms with Crippen molar-refractivity contribution in [1.29, 1.82) is 0 Å². The van der Waals surface area contributed by atoms with Crippen LogP contribution in [0.15, 0.2) is 24.4 Å². The summed E-state index contributed by atoms with van der Waals surface area (Å²) in [6.07, 6.45) is -4.54. The molecule has 0 radical (unpaired) electrons. The number of halogens is 4. The first-order valence-corrected chi connectivity index (χ1v) is 21.2. The standard InChI is InChI=1S/C28H40F4N4O4Si2/c1-33-27(37)26-21-16-34-23(14-24(21)36(35-26)17-38-8-10-41(2,3)4)20-13-22(29)25(12-19(20)15-28(30,31)32)40-18-39-9-11-42(5,6)7/h12-14,16H,8-11,15,17-18H2,1-7H3,(H,33,37). The Hall–Kier alpha value is -2.82. The minimum Gasteiger partial charge on any atom is -0.464 e. The highest BCUT2D eigenvalue weighted by Gasteiger charge is 2.31. The highest BCUT2D eigenvalue weighted by Crippen LogP contribution is 2.35. The molecule has 0 saturated carbocycles. The van der Waals surface area contributed by atoms with Crippen LogP contribution in [0.25, 0.3) is 22.2 Å². The fourth-order valence-electron chi connectivity index (χ4n) is 3.98. The van der Waals surface area contributed by atoms with Crippen LogP contribution in [-0.2, 0) is 22.6 Å². The van der Waals surface area contributed by atoms with E-state index in [1.807, 2.05) is 0 Å². The Labute approximate surface area is 245 Å². The summed E-state index contributed by atoms with van der Waals surface area (Å²) < 4.78 is 74.0. The zero-order valence-electron chi connectivity index (χ0n) is 25.2. The van der Waals surface area contributed by atoms with Crippen LogP contribution in [0.3, 0.4) is 0 Å². The molecule has 2 heterocycles. The predicted molar refractivity (Wildman–Crippen MR) is 160 cm³/mol. The van der Waals surface area contributed by atoms with E-state index in [0.717, 1.165) is 24.2 Å². The number of alkyl halides is 3. The van der Waals surface area contributed by atoms with E-state index in [0.29, 0.717) is 24.1 Å². The summed E-state index contributed by atoms with van der Waals surface area (Å²) in [6.45, 7) is 13.8. The van der Waals surface area contributed by atoms with Gasteiger partial charge < -0.3 is 19.5 Å². The summed E-state index contributed by atoms with van der Waals surface area (Å²) in [4.78, 5) is 16.8. The van der Waals surface area contributed by atoms with E-state index in [9.17, 15) is 18.0 Å². The lowest BCUT2D eigenvalue weighted by Crippen LogP contribution is -2.22. The van der Waals surface area contributed by atoms with Crippen LogP contribution in [0, 0.1) is 5.82 Å². The van der Waals surface area contributed by atoms with E-state index in [1.54, 1.807) is 0 Å². The van der Waals surface area contributed by atoms with Crippen LogP contribution < -0.4 is 10.1 Å². The van der Waals surface area contributed by atoms with Crippen LogP contribution in [0.2, 0.25) is 51.4 Å².